The number of nitrogens with zero attached hydrogens (tertiary/aromatic N) is 2. The molecule has 2 N–H and O–H groups in total. The van der Waals surface area contributed by atoms with Crippen molar-refractivity contribution >= 4 is 17.3 Å². The lowest BCUT2D eigenvalue weighted by molar-refractivity contribution is 0.449. The van der Waals surface area contributed by atoms with E-state index < -0.39 is 17.5 Å². The van der Waals surface area contributed by atoms with Gasteiger partial charge in [-0.25, -0.2) is 23.1 Å². The summed E-state index contributed by atoms with van der Waals surface area (Å²) in [4.78, 5) is 8.36. The van der Waals surface area contributed by atoms with Gasteiger partial charge in [-0.1, -0.05) is 13.8 Å². The molecular weight excluding hydrogens is 305 g/mol. The molecule has 0 atom stereocenters. The Kier molecular flexibility index (Phi) is 5.41. The highest BCUT2D eigenvalue weighted by atomic mass is 19.2. The average Bonchev–Trinajstić information content (AvgIpc) is 2.47. The van der Waals surface area contributed by atoms with Crippen molar-refractivity contribution in [2.24, 2.45) is 5.92 Å². The van der Waals surface area contributed by atoms with Crippen LogP contribution in [0.1, 0.15) is 26.1 Å². The Bertz CT molecular complexity index is 689. The minimum atomic E-state index is -1.52. The summed E-state index contributed by atoms with van der Waals surface area (Å²) in [5.74, 6) is -2.11. The molecule has 7 heteroatoms. The quantitative estimate of drug-likeness (QED) is 0.773. The maximum atomic E-state index is 13.7. The number of anilines is 3. The second-order valence-corrected chi connectivity index (χ2v) is 5.64. The minimum absolute atomic E-state index is 0.185. The summed E-state index contributed by atoms with van der Waals surface area (Å²) in [6, 6.07) is 3.57. The SMILES string of the molecule is Cc1nc(NCCC(C)C)cc(Nc2ccc(F)c(F)c2F)n1. The monoisotopic (exact) mass is 324 g/mol. The third kappa shape index (κ3) is 4.58. The molecule has 2 rings (SSSR count). The lowest BCUT2D eigenvalue weighted by Gasteiger charge is -2.12. The van der Waals surface area contributed by atoms with E-state index >= 15 is 0 Å². The molecule has 124 valence electrons. The van der Waals surface area contributed by atoms with Crippen LogP contribution in [0.5, 0.6) is 0 Å². The van der Waals surface area contributed by atoms with E-state index in [9.17, 15) is 13.2 Å². The molecule has 0 fully saturated rings. The van der Waals surface area contributed by atoms with Crippen molar-refractivity contribution < 1.29 is 13.2 Å². The summed E-state index contributed by atoms with van der Waals surface area (Å²) in [6.45, 7) is 6.67. The Balaban J connectivity index is 2.17. The van der Waals surface area contributed by atoms with E-state index in [1.54, 1.807) is 13.0 Å². The second kappa shape index (κ2) is 7.30. The van der Waals surface area contributed by atoms with Crippen LogP contribution in [0.15, 0.2) is 18.2 Å². The first kappa shape index (κ1) is 17.1. The Morgan fingerprint density at radius 3 is 2.43 bits per heavy atom. The zero-order chi connectivity index (χ0) is 17.0. The molecule has 0 aliphatic heterocycles. The summed E-state index contributed by atoms with van der Waals surface area (Å²) in [5, 5.41) is 5.81. The molecule has 0 bridgehead atoms. The van der Waals surface area contributed by atoms with E-state index in [0.29, 0.717) is 23.4 Å². The van der Waals surface area contributed by atoms with Crippen LogP contribution in [0.3, 0.4) is 0 Å². The van der Waals surface area contributed by atoms with Crippen molar-refractivity contribution in [3.05, 3.63) is 41.5 Å². The van der Waals surface area contributed by atoms with Gasteiger partial charge < -0.3 is 10.6 Å². The first-order chi connectivity index (χ1) is 10.9. The maximum Gasteiger partial charge on any atom is 0.196 e. The van der Waals surface area contributed by atoms with Crippen molar-refractivity contribution in [3.63, 3.8) is 0 Å². The number of halogens is 3. The molecular formula is C16H19F3N4. The Labute approximate surface area is 133 Å². The van der Waals surface area contributed by atoms with Crippen LogP contribution >= 0.6 is 0 Å². The van der Waals surface area contributed by atoms with Crippen LogP contribution in [-0.4, -0.2) is 16.5 Å². The topological polar surface area (TPSA) is 49.8 Å². The van der Waals surface area contributed by atoms with Gasteiger partial charge in [-0.3, -0.25) is 0 Å². The molecule has 0 aliphatic carbocycles. The summed E-state index contributed by atoms with van der Waals surface area (Å²) in [6.07, 6.45) is 0.976. The maximum absolute atomic E-state index is 13.7. The molecule has 0 radical (unpaired) electrons. The predicted molar refractivity (Wildman–Crippen MR) is 84.3 cm³/mol. The number of nitrogens with one attached hydrogen (secondary N) is 2. The molecule has 4 nitrogen and oxygen atoms in total. The molecule has 2 aromatic rings. The van der Waals surface area contributed by atoms with Crippen molar-refractivity contribution in [2.75, 3.05) is 17.2 Å². The van der Waals surface area contributed by atoms with Crippen molar-refractivity contribution in [3.8, 4) is 0 Å². The first-order valence-electron chi connectivity index (χ1n) is 7.37. The minimum Gasteiger partial charge on any atom is -0.370 e. The molecule has 0 amide bonds. The molecule has 0 saturated heterocycles. The Hall–Kier alpha value is -2.31. The van der Waals surface area contributed by atoms with Gasteiger partial charge >= 0.3 is 0 Å². The van der Waals surface area contributed by atoms with Gasteiger partial charge in [0.05, 0.1) is 5.69 Å². The molecule has 1 aromatic carbocycles. The van der Waals surface area contributed by atoms with E-state index in [0.717, 1.165) is 25.1 Å². The fourth-order valence-electron chi connectivity index (χ4n) is 1.97. The lowest BCUT2D eigenvalue weighted by Crippen LogP contribution is -2.08. The van der Waals surface area contributed by atoms with Crippen molar-refractivity contribution in [1.29, 1.82) is 0 Å². The number of aromatic nitrogens is 2. The Morgan fingerprint density at radius 1 is 1.04 bits per heavy atom. The van der Waals surface area contributed by atoms with Gasteiger partial charge in [0.1, 0.15) is 17.5 Å². The fraction of sp³-hybridized carbons (Fsp3) is 0.375. The molecule has 0 unspecified atom stereocenters. The largest absolute Gasteiger partial charge is 0.370 e. The highest BCUT2D eigenvalue weighted by molar-refractivity contribution is 5.60. The van der Waals surface area contributed by atoms with Gasteiger partial charge in [0, 0.05) is 12.6 Å². The van der Waals surface area contributed by atoms with Crippen LogP contribution in [0.2, 0.25) is 0 Å². The first-order valence-corrected chi connectivity index (χ1v) is 7.37. The normalized spacial score (nSPS) is 10.9. The van der Waals surface area contributed by atoms with Gasteiger partial charge in [0.15, 0.2) is 17.5 Å². The zero-order valence-electron chi connectivity index (χ0n) is 13.3. The van der Waals surface area contributed by atoms with Crippen LogP contribution in [-0.2, 0) is 0 Å². The summed E-state index contributed by atoms with van der Waals surface area (Å²) in [5.41, 5.74) is -0.185. The van der Waals surface area contributed by atoms with E-state index in [1.165, 1.54) is 0 Å². The summed E-state index contributed by atoms with van der Waals surface area (Å²) < 4.78 is 39.9. The number of hydrogen-bond donors (Lipinski definition) is 2. The smallest absolute Gasteiger partial charge is 0.196 e. The zero-order valence-corrected chi connectivity index (χ0v) is 13.3. The molecule has 1 aromatic heterocycles. The highest BCUT2D eigenvalue weighted by Crippen LogP contribution is 2.23. The van der Waals surface area contributed by atoms with Gasteiger partial charge in [-0.05, 0) is 31.4 Å². The number of rotatable bonds is 6. The van der Waals surface area contributed by atoms with Gasteiger partial charge in [0.2, 0.25) is 0 Å². The van der Waals surface area contributed by atoms with E-state index in [2.05, 4.69) is 34.4 Å². The van der Waals surface area contributed by atoms with Gasteiger partial charge in [-0.15, -0.1) is 0 Å². The predicted octanol–water partition coefficient (Wildman–Crippen LogP) is 4.40. The van der Waals surface area contributed by atoms with Crippen LogP contribution < -0.4 is 10.6 Å². The van der Waals surface area contributed by atoms with Crippen molar-refractivity contribution in [1.82, 2.24) is 9.97 Å². The van der Waals surface area contributed by atoms with Crippen LogP contribution in [0.4, 0.5) is 30.5 Å². The van der Waals surface area contributed by atoms with Crippen LogP contribution in [0, 0.1) is 30.3 Å². The lowest BCUT2D eigenvalue weighted by atomic mass is 10.1. The standard InChI is InChI=1S/C16H19F3N4/c1-9(2)6-7-20-13-8-14(22-10(3)21-13)23-12-5-4-11(17)15(18)16(12)19/h4-5,8-9H,6-7H2,1-3H3,(H2,20,21,22,23). The number of benzene rings is 1. The summed E-state index contributed by atoms with van der Waals surface area (Å²) >= 11 is 0. The van der Waals surface area contributed by atoms with Crippen LogP contribution in [0.25, 0.3) is 0 Å². The molecule has 0 saturated carbocycles. The van der Waals surface area contributed by atoms with Crippen molar-refractivity contribution in [2.45, 2.75) is 27.2 Å². The second-order valence-electron chi connectivity index (χ2n) is 5.64. The average molecular weight is 324 g/mol. The fourth-order valence-corrected chi connectivity index (χ4v) is 1.97. The van der Waals surface area contributed by atoms with E-state index in [4.69, 9.17) is 0 Å². The third-order valence-corrected chi connectivity index (χ3v) is 3.16. The summed E-state index contributed by atoms with van der Waals surface area (Å²) in [7, 11) is 0. The Morgan fingerprint density at radius 2 is 1.74 bits per heavy atom. The third-order valence-electron chi connectivity index (χ3n) is 3.16. The molecule has 23 heavy (non-hydrogen) atoms. The van der Waals surface area contributed by atoms with E-state index in [-0.39, 0.29) is 5.69 Å². The molecule has 0 spiro atoms. The van der Waals surface area contributed by atoms with E-state index in [1.807, 2.05) is 0 Å². The number of aryl methyl sites for hydroxylation is 1. The van der Waals surface area contributed by atoms with Gasteiger partial charge in [0.25, 0.3) is 0 Å². The van der Waals surface area contributed by atoms with Gasteiger partial charge in [-0.2, -0.15) is 0 Å². The molecule has 1 heterocycles. The highest BCUT2D eigenvalue weighted by Gasteiger charge is 2.14. The number of hydrogen-bond acceptors (Lipinski definition) is 4. The molecule has 0 aliphatic rings.